The summed E-state index contributed by atoms with van der Waals surface area (Å²) in [6.45, 7) is 4.09. The van der Waals surface area contributed by atoms with E-state index in [2.05, 4.69) is 45.2 Å². The lowest BCUT2D eigenvalue weighted by atomic mass is 10.1. The number of nitrogens with zero attached hydrogens (tertiary/aromatic N) is 3. The molecular weight excluding hydrogens is 278 g/mol. The van der Waals surface area contributed by atoms with Gasteiger partial charge >= 0.3 is 0 Å². The van der Waals surface area contributed by atoms with Crippen LogP contribution in [-0.4, -0.2) is 9.55 Å². The summed E-state index contributed by atoms with van der Waals surface area (Å²) < 4.78 is 2.41. The first-order chi connectivity index (χ1) is 8.04. The predicted molar refractivity (Wildman–Crippen MR) is 70.5 cm³/mol. The molecule has 0 fully saturated rings. The highest BCUT2D eigenvalue weighted by Crippen LogP contribution is 2.27. The molecule has 1 aromatic carbocycles. The van der Waals surface area contributed by atoms with Crippen molar-refractivity contribution in [3.8, 4) is 17.5 Å². The van der Waals surface area contributed by atoms with E-state index in [1.54, 1.807) is 0 Å². The summed E-state index contributed by atoms with van der Waals surface area (Å²) in [5.41, 5.74) is 3.94. The van der Waals surface area contributed by atoms with Gasteiger partial charge in [0.1, 0.15) is 16.5 Å². The summed E-state index contributed by atoms with van der Waals surface area (Å²) in [6, 6.07) is 8.37. The number of hydrogen-bond acceptors (Lipinski definition) is 2. The predicted octanol–water partition coefficient (Wildman–Crippen LogP) is 3.34. The molecule has 0 spiro atoms. The van der Waals surface area contributed by atoms with Crippen molar-refractivity contribution in [2.24, 2.45) is 7.05 Å². The summed E-state index contributed by atoms with van der Waals surface area (Å²) in [4.78, 5) is 4.41. The van der Waals surface area contributed by atoms with Gasteiger partial charge in [-0.2, -0.15) is 5.26 Å². The van der Waals surface area contributed by atoms with Gasteiger partial charge in [-0.3, -0.25) is 0 Å². The molecule has 0 amide bonds. The lowest BCUT2D eigenvalue weighted by molar-refractivity contribution is 0.905. The maximum atomic E-state index is 9.04. The molecule has 0 saturated carbocycles. The van der Waals surface area contributed by atoms with Gasteiger partial charge in [-0.05, 0) is 41.4 Å². The Labute approximate surface area is 109 Å². The van der Waals surface area contributed by atoms with Gasteiger partial charge in [0, 0.05) is 12.6 Å². The van der Waals surface area contributed by atoms with E-state index in [1.165, 1.54) is 5.56 Å². The first-order valence-electron chi connectivity index (χ1n) is 5.24. The number of aromatic nitrogens is 2. The van der Waals surface area contributed by atoms with E-state index in [1.807, 2.05) is 25.5 Å². The maximum absolute atomic E-state index is 9.04. The van der Waals surface area contributed by atoms with Gasteiger partial charge in [0.2, 0.25) is 0 Å². The van der Waals surface area contributed by atoms with Gasteiger partial charge in [-0.15, -0.1) is 0 Å². The average molecular weight is 290 g/mol. The molecule has 0 bridgehead atoms. The third kappa shape index (κ3) is 1.98. The second-order valence-corrected chi connectivity index (χ2v) is 4.82. The van der Waals surface area contributed by atoms with E-state index in [-0.39, 0.29) is 0 Å². The zero-order chi connectivity index (χ0) is 12.6. The molecule has 0 aliphatic carbocycles. The number of hydrogen-bond donors (Lipinski definition) is 0. The molecule has 0 N–H and O–H groups in total. The third-order valence-corrected chi connectivity index (χ3v) is 3.35. The highest BCUT2D eigenvalue weighted by Gasteiger charge is 2.15. The van der Waals surface area contributed by atoms with Crippen LogP contribution in [0.1, 0.15) is 16.8 Å². The summed E-state index contributed by atoms with van der Waals surface area (Å²) >= 11 is 3.31. The van der Waals surface area contributed by atoms with Crippen LogP contribution in [-0.2, 0) is 7.05 Å². The van der Waals surface area contributed by atoms with Crippen LogP contribution in [0.2, 0.25) is 0 Å². The van der Waals surface area contributed by atoms with Crippen LogP contribution in [0.15, 0.2) is 22.8 Å². The van der Waals surface area contributed by atoms with Crippen LogP contribution in [0.5, 0.6) is 0 Å². The maximum Gasteiger partial charge on any atom is 0.154 e. The Morgan fingerprint density at radius 3 is 2.65 bits per heavy atom. The van der Waals surface area contributed by atoms with Crippen molar-refractivity contribution >= 4 is 15.9 Å². The zero-order valence-electron chi connectivity index (χ0n) is 9.95. The Hall–Kier alpha value is -1.60. The third-order valence-electron chi connectivity index (χ3n) is 2.79. The number of aryl methyl sites for hydroxylation is 2. The minimum atomic E-state index is 0.543. The fraction of sp³-hybridized carbons (Fsp3) is 0.231. The minimum absolute atomic E-state index is 0.543. The molecule has 17 heavy (non-hydrogen) atoms. The Balaban J connectivity index is 2.70. The molecule has 0 radical (unpaired) electrons. The van der Waals surface area contributed by atoms with Gasteiger partial charge in [0.05, 0.1) is 0 Å². The molecule has 0 aliphatic heterocycles. The lowest BCUT2D eigenvalue weighted by Crippen LogP contribution is -1.97. The molecule has 1 heterocycles. The highest BCUT2D eigenvalue weighted by atomic mass is 79.9. The molecular formula is C13H12BrN3. The van der Waals surface area contributed by atoms with E-state index in [4.69, 9.17) is 5.26 Å². The minimum Gasteiger partial charge on any atom is -0.318 e. The van der Waals surface area contributed by atoms with Crippen molar-refractivity contribution in [2.45, 2.75) is 13.8 Å². The van der Waals surface area contributed by atoms with Crippen LogP contribution in [0.25, 0.3) is 11.4 Å². The number of rotatable bonds is 1. The Morgan fingerprint density at radius 1 is 1.35 bits per heavy atom. The first-order valence-corrected chi connectivity index (χ1v) is 6.04. The largest absolute Gasteiger partial charge is 0.318 e. The van der Waals surface area contributed by atoms with Gasteiger partial charge in [-0.1, -0.05) is 17.7 Å². The van der Waals surface area contributed by atoms with Crippen LogP contribution >= 0.6 is 15.9 Å². The van der Waals surface area contributed by atoms with Gasteiger partial charge in [0.15, 0.2) is 5.69 Å². The van der Waals surface area contributed by atoms with Gasteiger partial charge < -0.3 is 4.57 Å². The monoisotopic (exact) mass is 289 g/mol. The summed E-state index contributed by atoms with van der Waals surface area (Å²) in [5.74, 6) is 0.814. The standard InChI is InChI=1S/C13H12BrN3/c1-8-4-5-9(2)10(6-8)13-16-12(14)11(7-15)17(13)3/h4-6H,1-3H3. The Kier molecular flexibility index (Phi) is 3.03. The van der Waals surface area contributed by atoms with Crippen molar-refractivity contribution in [1.29, 1.82) is 5.26 Å². The van der Waals surface area contributed by atoms with Crippen LogP contribution in [0.4, 0.5) is 0 Å². The zero-order valence-corrected chi connectivity index (χ0v) is 11.5. The molecule has 2 aromatic rings. The molecule has 4 heteroatoms. The van der Waals surface area contributed by atoms with Crippen LogP contribution in [0.3, 0.4) is 0 Å². The Morgan fingerprint density at radius 2 is 2.06 bits per heavy atom. The quantitative estimate of drug-likeness (QED) is 0.808. The second kappa shape index (κ2) is 4.34. The number of nitriles is 1. The number of benzene rings is 1. The van der Waals surface area contributed by atoms with Crippen LogP contribution in [0, 0.1) is 25.2 Å². The normalized spacial score (nSPS) is 10.3. The summed E-state index contributed by atoms with van der Waals surface area (Å²) in [7, 11) is 1.85. The molecule has 2 rings (SSSR count). The number of halogens is 1. The van der Waals surface area contributed by atoms with Gasteiger partial charge in [0.25, 0.3) is 0 Å². The van der Waals surface area contributed by atoms with Crippen molar-refractivity contribution in [1.82, 2.24) is 9.55 Å². The van der Waals surface area contributed by atoms with Crippen molar-refractivity contribution in [3.63, 3.8) is 0 Å². The van der Waals surface area contributed by atoms with Crippen molar-refractivity contribution < 1.29 is 0 Å². The van der Waals surface area contributed by atoms with Crippen LogP contribution < -0.4 is 0 Å². The molecule has 0 saturated heterocycles. The summed E-state index contributed by atoms with van der Waals surface area (Å²) in [5, 5.41) is 9.04. The first kappa shape index (κ1) is 11.9. The second-order valence-electron chi connectivity index (χ2n) is 4.06. The molecule has 0 aliphatic rings. The van der Waals surface area contributed by atoms with E-state index in [0.717, 1.165) is 17.0 Å². The summed E-state index contributed by atoms with van der Waals surface area (Å²) in [6.07, 6.45) is 0. The fourth-order valence-corrected chi connectivity index (χ4v) is 2.33. The molecule has 3 nitrogen and oxygen atoms in total. The molecule has 0 unspecified atom stereocenters. The van der Waals surface area contributed by atoms with E-state index in [0.29, 0.717) is 10.3 Å². The van der Waals surface area contributed by atoms with E-state index >= 15 is 0 Å². The topological polar surface area (TPSA) is 41.6 Å². The Bertz CT molecular complexity index is 620. The SMILES string of the molecule is Cc1ccc(C)c(-c2nc(Br)c(C#N)n2C)c1. The number of imidazole rings is 1. The van der Waals surface area contributed by atoms with Crippen molar-refractivity contribution in [2.75, 3.05) is 0 Å². The molecule has 1 aromatic heterocycles. The fourth-order valence-electron chi connectivity index (χ4n) is 1.80. The molecule has 0 atom stereocenters. The van der Waals surface area contributed by atoms with Crippen molar-refractivity contribution in [3.05, 3.63) is 39.6 Å². The van der Waals surface area contributed by atoms with E-state index < -0.39 is 0 Å². The smallest absolute Gasteiger partial charge is 0.154 e. The van der Waals surface area contributed by atoms with Gasteiger partial charge in [-0.25, -0.2) is 4.98 Å². The highest BCUT2D eigenvalue weighted by molar-refractivity contribution is 9.10. The molecule has 86 valence electrons. The average Bonchev–Trinajstić information content (AvgIpc) is 2.57. The lowest BCUT2D eigenvalue weighted by Gasteiger charge is -2.07. The van der Waals surface area contributed by atoms with E-state index in [9.17, 15) is 0 Å².